The Balaban J connectivity index is 1.31. The van der Waals surface area contributed by atoms with Crippen molar-refractivity contribution < 1.29 is 8.42 Å². The van der Waals surface area contributed by atoms with E-state index in [4.69, 9.17) is 4.98 Å². The Bertz CT molecular complexity index is 1570. The van der Waals surface area contributed by atoms with Crippen LogP contribution >= 0.6 is 11.3 Å². The molecule has 6 heterocycles. The summed E-state index contributed by atoms with van der Waals surface area (Å²) < 4.78 is 30.5. The lowest BCUT2D eigenvalue weighted by Gasteiger charge is -2.47. The number of nitrogens with zero attached hydrogens (tertiary/aromatic N) is 8. The standard InChI is InChI=1S/C22H24N10O2S2/c1-2-36(33,34)30-13-22(14-30,4-5-23)32-11-15(7-26-32)19-20-18(3-6-35-20)28-21(29-19)27-16-8-25-31(12-16)17-9-24-10-17/h3,6-8,11-12,17,24H,2,4,9-10,13-14H2,1H3,(H,27,28,29). The van der Waals surface area contributed by atoms with Crippen LogP contribution in [0.3, 0.4) is 0 Å². The molecule has 0 saturated carbocycles. The molecule has 36 heavy (non-hydrogen) atoms. The predicted octanol–water partition coefficient (Wildman–Crippen LogP) is 1.91. The molecule has 0 bridgehead atoms. The summed E-state index contributed by atoms with van der Waals surface area (Å²) in [4.78, 5) is 9.45. The number of nitriles is 1. The van der Waals surface area contributed by atoms with Crippen molar-refractivity contribution in [1.29, 1.82) is 5.26 Å². The van der Waals surface area contributed by atoms with Gasteiger partial charge in [0.2, 0.25) is 16.0 Å². The van der Waals surface area contributed by atoms with E-state index in [9.17, 15) is 13.7 Å². The fourth-order valence-corrected chi connectivity index (χ4v) is 6.57. The lowest BCUT2D eigenvalue weighted by Crippen LogP contribution is -2.64. The van der Waals surface area contributed by atoms with E-state index in [0.29, 0.717) is 12.0 Å². The molecular weight excluding hydrogens is 500 g/mol. The van der Waals surface area contributed by atoms with Crippen LogP contribution in [0.15, 0.2) is 36.2 Å². The van der Waals surface area contributed by atoms with Crippen LogP contribution in [0.25, 0.3) is 21.5 Å². The summed E-state index contributed by atoms with van der Waals surface area (Å²) in [7, 11) is -3.32. The maximum absolute atomic E-state index is 12.3. The molecule has 4 aromatic heterocycles. The van der Waals surface area contributed by atoms with E-state index < -0.39 is 15.6 Å². The van der Waals surface area contributed by atoms with Crippen LogP contribution in [-0.2, 0) is 15.6 Å². The Labute approximate surface area is 211 Å². The summed E-state index contributed by atoms with van der Waals surface area (Å²) in [5, 5.41) is 26.9. The molecule has 0 spiro atoms. The largest absolute Gasteiger partial charge is 0.321 e. The van der Waals surface area contributed by atoms with Crippen molar-refractivity contribution in [3.63, 3.8) is 0 Å². The number of fused-ring (bicyclic) bond motifs is 1. The molecule has 0 aromatic carbocycles. The molecule has 2 aliphatic rings. The third kappa shape index (κ3) is 3.84. The van der Waals surface area contributed by atoms with Crippen LogP contribution in [-0.4, -0.2) is 74.2 Å². The monoisotopic (exact) mass is 524 g/mol. The Kier molecular flexibility index (Phi) is 5.52. The quantitative estimate of drug-likeness (QED) is 0.353. The van der Waals surface area contributed by atoms with Gasteiger partial charge in [-0.25, -0.2) is 18.4 Å². The summed E-state index contributed by atoms with van der Waals surface area (Å²) >= 11 is 1.54. The van der Waals surface area contributed by atoms with E-state index in [1.165, 1.54) is 4.31 Å². The molecule has 14 heteroatoms. The van der Waals surface area contributed by atoms with E-state index in [1.54, 1.807) is 35.3 Å². The van der Waals surface area contributed by atoms with Gasteiger partial charge in [-0.15, -0.1) is 11.3 Å². The number of hydrogen-bond donors (Lipinski definition) is 2. The van der Waals surface area contributed by atoms with E-state index in [-0.39, 0.29) is 25.3 Å². The third-order valence-corrected chi connectivity index (χ3v) is 9.43. The second kappa shape index (κ2) is 8.63. The molecule has 12 nitrogen and oxygen atoms in total. The van der Waals surface area contributed by atoms with Crippen LogP contribution in [0.1, 0.15) is 19.4 Å². The number of sulfonamides is 1. The van der Waals surface area contributed by atoms with Gasteiger partial charge in [0.1, 0.15) is 5.54 Å². The highest BCUT2D eigenvalue weighted by Crippen LogP contribution is 2.37. The zero-order valence-corrected chi connectivity index (χ0v) is 21.1. The zero-order valence-electron chi connectivity index (χ0n) is 19.5. The third-order valence-electron chi connectivity index (χ3n) is 6.74. The molecule has 2 fully saturated rings. The minimum atomic E-state index is -3.32. The summed E-state index contributed by atoms with van der Waals surface area (Å²) in [6.07, 6.45) is 7.43. The lowest BCUT2D eigenvalue weighted by molar-refractivity contribution is 0.0719. The van der Waals surface area contributed by atoms with E-state index in [0.717, 1.165) is 40.3 Å². The Morgan fingerprint density at radius 1 is 1.25 bits per heavy atom. The maximum Gasteiger partial charge on any atom is 0.228 e. The van der Waals surface area contributed by atoms with Crippen molar-refractivity contribution in [3.8, 4) is 17.3 Å². The fraction of sp³-hybridized carbons (Fsp3) is 0.409. The van der Waals surface area contributed by atoms with Gasteiger partial charge in [-0.3, -0.25) is 9.36 Å². The lowest BCUT2D eigenvalue weighted by atomic mass is 9.89. The molecule has 0 aliphatic carbocycles. The molecule has 2 saturated heterocycles. The van der Waals surface area contributed by atoms with Gasteiger partial charge < -0.3 is 10.6 Å². The van der Waals surface area contributed by atoms with Crippen LogP contribution in [0.4, 0.5) is 11.6 Å². The molecule has 0 radical (unpaired) electrons. The molecule has 186 valence electrons. The summed E-state index contributed by atoms with van der Waals surface area (Å²) in [6, 6.07) is 4.50. The summed E-state index contributed by atoms with van der Waals surface area (Å²) in [5.74, 6) is 0.481. The van der Waals surface area contributed by atoms with Crippen LogP contribution in [0.2, 0.25) is 0 Å². The summed E-state index contributed by atoms with van der Waals surface area (Å²) in [6.45, 7) is 3.88. The molecule has 2 N–H and O–H groups in total. The summed E-state index contributed by atoms with van der Waals surface area (Å²) in [5.41, 5.74) is 2.43. The van der Waals surface area contributed by atoms with Gasteiger partial charge in [-0.1, -0.05) is 0 Å². The van der Waals surface area contributed by atoms with Crippen molar-refractivity contribution in [2.24, 2.45) is 0 Å². The van der Waals surface area contributed by atoms with E-state index >= 15 is 0 Å². The van der Waals surface area contributed by atoms with Gasteiger partial charge in [0.25, 0.3) is 0 Å². The minimum Gasteiger partial charge on any atom is -0.321 e. The highest BCUT2D eigenvalue weighted by molar-refractivity contribution is 7.89. The average molecular weight is 525 g/mol. The van der Waals surface area contributed by atoms with Crippen molar-refractivity contribution >= 4 is 43.2 Å². The zero-order chi connectivity index (χ0) is 24.9. The van der Waals surface area contributed by atoms with Crippen molar-refractivity contribution in [1.82, 2.24) is 39.2 Å². The molecule has 0 unspecified atom stereocenters. The van der Waals surface area contributed by atoms with Crippen molar-refractivity contribution in [2.75, 3.05) is 37.2 Å². The first-order valence-electron chi connectivity index (χ1n) is 11.6. The van der Waals surface area contributed by atoms with Gasteiger partial charge in [0.15, 0.2) is 0 Å². The molecule has 0 amide bonds. The highest BCUT2D eigenvalue weighted by Gasteiger charge is 2.49. The molecule has 4 aromatic rings. The minimum absolute atomic E-state index is 0.0313. The Morgan fingerprint density at radius 3 is 2.81 bits per heavy atom. The Hall–Kier alpha value is -3.38. The second-order valence-corrected chi connectivity index (χ2v) is 12.3. The smallest absolute Gasteiger partial charge is 0.228 e. The van der Waals surface area contributed by atoms with Gasteiger partial charge in [0, 0.05) is 44.1 Å². The number of nitrogens with one attached hydrogen (secondary N) is 2. The number of rotatable bonds is 8. The molecule has 6 rings (SSSR count). The van der Waals surface area contributed by atoms with Gasteiger partial charge in [-0.05, 0) is 18.4 Å². The van der Waals surface area contributed by atoms with Crippen molar-refractivity contribution in [3.05, 3.63) is 36.2 Å². The normalized spacial score (nSPS) is 18.0. The number of hydrogen-bond acceptors (Lipinski definition) is 10. The van der Waals surface area contributed by atoms with Crippen LogP contribution in [0.5, 0.6) is 0 Å². The number of aromatic nitrogens is 6. The first-order chi connectivity index (χ1) is 17.4. The molecule has 0 atom stereocenters. The molecule has 2 aliphatic heterocycles. The SMILES string of the molecule is CCS(=O)(=O)N1CC(CC#N)(n2cc(-c3nc(Nc4cnn(C5CNC5)c4)nc4ccsc34)cn2)C1. The molecular formula is C22H24N10O2S2. The topological polar surface area (TPSA) is 147 Å². The van der Waals surface area contributed by atoms with Gasteiger partial charge in [0.05, 0.1) is 58.3 Å². The predicted molar refractivity (Wildman–Crippen MR) is 135 cm³/mol. The highest BCUT2D eigenvalue weighted by atomic mass is 32.2. The maximum atomic E-state index is 12.3. The number of thiophene rings is 1. The second-order valence-electron chi connectivity index (χ2n) is 9.08. The Morgan fingerprint density at radius 2 is 2.08 bits per heavy atom. The van der Waals surface area contributed by atoms with Crippen molar-refractivity contribution in [2.45, 2.75) is 24.9 Å². The average Bonchev–Trinajstić information content (AvgIpc) is 3.55. The number of anilines is 2. The van der Waals surface area contributed by atoms with Crippen LogP contribution < -0.4 is 10.6 Å². The van der Waals surface area contributed by atoms with E-state index in [1.807, 2.05) is 28.5 Å². The van der Waals surface area contributed by atoms with Crippen LogP contribution in [0, 0.1) is 11.3 Å². The first kappa shape index (κ1) is 23.0. The van der Waals surface area contributed by atoms with Gasteiger partial charge in [-0.2, -0.15) is 19.8 Å². The van der Waals surface area contributed by atoms with Gasteiger partial charge >= 0.3 is 0 Å². The fourth-order valence-electron chi connectivity index (χ4n) is 4.49. The first-order valence-corrected chi connectivity index (χ1v) is 14.1. The van der Waals surface area contributed by atoms with E-state index in [2.05, 4.69) is 31.9 Å².